The smallest absolute Gasteiger partial charge is 0.165 e. The lowest BCUT2D eigenvalue weighted by atomic mass is 10.2. The molecule has 0 unspecified atom stereocenters. The summed E-state index contributed by atoms with van der Waals surface area (Å²) in [5.41, 5.74) is 1.63. The topological polar surface area (TPSA) is 52.3 Å². The first-order chi connectivity index (χ1) is 8.63. The number of aryl methyl sites for hydroxylation is 2. The van der Waals surface area contributed by atoms with E-state index in [-0.39, 0.29) is 17.9 Å². The number of nitrogens with zero attached hydrogens (tertiary/aromatic N) is 1. The lowest BCUT2D eigenvalue weighted by Gasteiger charge is -2.08. The van der Waals surface area contributed by atoms with Crippen molar-refractivity contribution in [3.63, 3.8) is 0 Å². The molecule has 0 saturated carbocycles. The number of halogens is 1. The van der Waals surface area contributed by atoms with Gasteiger partial charge in [-0.2, -0.15) is 0 Å². The largest absolute Gasteiger partial charge is 0.485 e. The average Bonchev–Trinajstić information content (AvgIpc) is 2.68. The van der Waals surface area contributed by atoms with Crippen LogP contribution in [0, 0.1) is 19.7 Å². The number of hydrogen-bond donors (Lipinski definition) is 0. The minimum Gasteiger partial charge on any atom is -0.485 e. The Kier molecular flexibility index (Phi) is 3.41. The molecule has 1 aromatic carbocycles. The van der Waals surface area contributed by atoms with Gasteiger partial charge in [-0.3, -0.25) is 4.79 Å². The first-order valence-corrected chi connectivity index (χ1v) is 5.41. The average molecular weight is 249 g/mol. The Bertz CT molecular complexity index is 558. The quantitative estimate of drug-likeness (QED) is 0.782. The third-order valence-electron chi connectivity index (χ3n) is 2.67. The standard InChI is InChI=1S/C13H12FNO3/c1-8-11(9(2)18-15-8)7-17-13-10(6-16)4-3-5-12(13)14/h3-6H,7H2,1-2H3. The number of rotatable bonds is 4. The fraction of sp³-hybridized carbons (Fsp3) is 0.231. The fourth-order valence-corrected chi connectivity index (χ4v) is 1.62. The van der Waals surface area contributed by atoms with Crippen LogP contribution in [0.2, 0.25) is 0 Å². The molecular formula is C13H12FNO3. The highest BCUT2D eigenvalue weighted by atomic mass is 19.1. The van der Waals surface area contributed by atoms with Crippen LogP contribution in [0.15, 0.2) is 22.7 Å². The van der Waals surface area contributed by atoms with E-state index in [9.17, 15) is 9.18 Å². The van der Waals surface area contributed by atoms with E-state index >= 15 is 0 Å². The van der Waals surface area contributed by atoms with Crippen LogP contribution in [0.3, 0.4) is 0 Å². The van der Waals surface area contributed by atoms with Crippen LogP contribution < -0.4 is 4.74 Å². The molecule has 0 bridgehead atoms. The van der Waals surface area contributed by atoms with Gasteiger partial charge in [0.2, 0.25) is 0 Å². The van der Waals surface area contributed by atoms with Gasteiger partial charge in [-0.25, -0.2) is 4.39 Å². The van der Waals surface area contributed by atoms with Crippen molar-refractivity contribution in [1.82, 2.24) is 5.16 Å². The molecule has 2 aromatic rings. The zero-order valence-corrected chi connectivity index (χ0v) is 10.1. The molecule has 4 nitrogen and oxygen atoms in total. The van der Waals surface area contributed by atoms with Crippen molar-refractivity contribution < 1.29 is 18.4 Å². The summed E-state index contributed by atoms with van der Waals surface area (Å²) in [4.78, 5) is 10.8. The minimum absolute atomic E-state index is 0.0486. The van der Waals surface area contributed by atoms with Crippen LogP contribution in [0.5, 0.6) is 5.75 Å². The molecule has 0 aliphatic rings. The minimum atomic E-state index is -0.564. The lowest BCUT2D eigenvalue weighted by molar-refractivity contribution is 0.111. The Hall–Kier alpha value is -2.17. The van der Waals surface area contributed by atoms with E-state index in [2.05, 4.69) is 5.16 Å². The molecule has 1 aromatic heterocycles. The molecular weight excluding hydrogens is 237 g/mol. The SMILES string of the molecule is Cc1noc(C)c1COc1c(F)cccc1C=O. The maximum absolute atomic E-state index is 13.5. The molecule has 0 amide bonds. The molecule has 0 saturated heterocycles. The molecule has 0 spiro atoms. The van der Waals surface area contributed by atoms with Gasteiger partial charge in [-0.1, -0.05) is 11.2 Å². The second-order valence-electron chi connectivity index (χ2n) is 3.87. The molecule has 5 heteroatoms. The van der Waals surface area contributed by atoms with Crippen LogP contribution in [-0.2, 0) is 6.61 Å². The van der Waals surface area contributed by atoms with Crippen LogP contribution in [0.4, 0.5) is 4.39 Å². The van der Waals surface area contributed by atoms with Crippen molar-refractivity contribution in [3.8, 4) is 5.75 Å². The highest BCUT2D eigenvalue weighted by Crippen LogP contribution is 2.23. The first kappa shape index (κ1) is 12.3. The highest BCUT2D eigenvalue weighted by Gasteiger charge is 2.13. The van der Waals surface area contributed by atoms with Gasteiger partial charge in [-0.05, 0) is 26.0 Å². The van der Waals surface area contributed by atoms with Crippen molar-refractivity contribution in [2.24, 2.45) is 0 Å². The van der Waals surface area contributed by atoms with E-state index in [1.165, 1.54) is 18.2 Å². The van der Waals surface area contributed by atoms with E-state index in [4.69, 9.17) is 9.26 Å². The number of para-hydroxylation sites is 1. The normalized spacial score (nSPS) is 10.4. The third kappa shape index (κ3) is 2.25. The number of carbonyl (C=O) groups is 1. The molecule has 2 rings (SSSR count). The summed E-state index contributed by atoms with van der Waals surface area (Å²) in [7, 11) is 0. The molecule has 94 valence electrons. The van der Waals surface area contributed by atoms with Gasteiger partial charge in [-0.15, -0.1) is 0 Å². The summed E-state index contributed by atoms with van der Waals surface area (Å²) in [6, 6.07) is 4.20. The van der Waals surface area contributed by atoms with Crippen molar-refractivity contribution in [1.29, 1.82) is 0 Å². The zero-order valence-electron chi connectivity index (χ0n) is 10.1. The third-order valence-corrected chi connectivity index (χ3v) is 2.67. The summed E-state index contributed by atoms with van der Waals surface area (Å²) < 4.78 is 23.9. The predicted molar refractivity (Wildman–Crippen MR) is 62.1 cm³/mol. The van der Waals surface area contributed by atoms with Crippen molar-refractivity contribution >= 4 is 6.29 Å². The summed E-state index contributed by atoms with van der Waals surface area (Å²) in [6.45, 7) is 3.64. The van der Waals surface area contributed by atoms with Gasteiger partial charge < -0.3 is 9.26 Å². The van der Waals surface area contributed by atoms with Crippen molar-refractivity contribution in [2.45, 2.75) is 20.5 Å². The Balaban J connectivity index is 2.23. The molecule has 18 heavy (non-hydrogen) atoms. The molecule has 0 N–H and O–H groups in total. The molecule has 0 atom stereocenters. The summed E-state index contributed by atoms with van der Waals surface area (Å²) in [6.07, 6.45) is 0.561. The van der Waals surface area contributed by atoms with Crippen LogP contribution in [-0.4, -0.2) is 11.4 Å². The van der Waals surface area contributed by atoms with Crippen molar-refractivity contribution in [2.75, 3.05) is 0 Å². The Morgan fingerprint density at radius 1 is 1.44 bits per heavy atom. The molecule has 0 fully saturated rings. The van der Waals surface area contributed by atoms with Gasteiger partial charge in [0, 0.05) is 0 Å². The van der Waals surface area contributed by atoms with E-state index in [0.29, 0.717) is 17.7 Å². The van der Waals surface area contributed by atoms with E-state index in [0.717, 1.165) is 5.56 Å². The predicted octanol–water partition coefficient (Wildman–Crippen LogP) is 2.82. The summed E-state index contributed by atoms with van der Waals surface area (Å²) in [5.74, 6) is 0.00959. The Morgan fingerprint density at radius 2 is 2.22 bits per heavy atom. The van der Waals surface area contributed by atoms with Gasteiger partial charge >= 0.3 is 0 Å². The number of ether oxygens (including phenoxy) is 1. The molecule has 0 radical (unpaired) electrons. The zero-order chi connectivity index (χ0) is 13.1. The van der Waals surface area contributed by atoms with Gasteiger partial charge in [0.1, 0.15) is 12.4 Å². The van der Waals surface area contributed by atoms with Gasteiger partial charge in [0.05, 0.1) is 16.8 Å². The van der Waals surface area contributed by atoms with Crippen LogP contribution in [0.25, 0.3) is 0 Å². The fourth-order valence-electron chi connectivity index (χ4n) is 1.62. The van der Waals surface area contributed by atoms with Gasteiger partial charge in [0.25, 0.3) is 0 Å². The Labute approximate surface area is 103 Å². The Morgan fingerprint density at radius 3 is 2.83 bits per heavy atom. The molecule has 0 aliphatic heterocycles. The molecule has 1 heterocycles. The molecule has 0 aliphatic carbocycles. The maximum atomic E-state index is 13.5. The van der Waals surface area contributed by atoms with E-state index in [1.54, 1.807) is 13.8 Å². The number of benzene rings is 1. The highest BCUT2D eigenvalue weighted by molar-refractivity contribution is 5.79. The van der Waals surface area contributed by atoms with Gasteiger partial charge in [0.15, 0.2) is 17.9 Å². The number of carbonyl (C=O) groups excluding carboxylic acids is 1. The first-order valence-electron chi connectivity index (χ1n) is 5.41. The van der Waals surface area contributed by atoms with Crippen LogP contribution >= 0.6 is 0 Å². The van der Waals surface area contributed by atoms with Crippen molar-refractivity contribution in [3.05, 3.63) is 46.6 Å². The second kappa shape index (κ2) is 5.00. The maximum Gasteiger partial charge on any atom is 0.165 e. The lowest BCUT2D eigenvalue weighted by Crippen LogP contribution is -2.02. The summed E-state index contributed by atoms with van der Waals surface area (Å²) >= 11 is 0. The van der Waals surface area contributed by atoms with E-state index in [1.807, 2.05) is 0 Å². The second-order valence-corrected chi connectivity index (χ2v) is 3.87. The number of aromatic nitrogens is 1. The monoisotopic (exact) mass is 249 g/mol. The number of aldehydes is 1. The van der Waals surface area contributed by atoms with Crippen LogP contribution in [0.1, 0.15) is 27.4 Å². The van der Waals surface area contributed by atoms with E-state index < -0.39 is 5.82 Å². The summed E-state index contributed by atoms with van der Waals surface area (Å²) in [5, 5.41) is 3.78. The number of hydrogen-bond acceptors (Lipinski definition) is 4.